The second-order valence-electron chi connectivity index (χ2n) is 5.52. The van der Waals surface area contributed by atoms with Crippen LogP contribution in [-0.2, 0) is 17.8 Å². The van der Waals surface area contributed by atoms with E-state index in [0.29, 0.717) is 5.82 Å². The molecule has 2 aromatic rings. The van der Waals surface area contributed by atoms with E-state index in [1.165, 1.54) is 0 Å². The molecular formula is C14H16N6O. The molecular weight excluding hydrogens is 268 g/mol. The van der Waals surface area contributed by atoms with Gasteiger partial charge in [-0.25, -0.2) is 15.0 Å². The van der Waals surface area contributed by atoms with Crippen LogP contribution >= 0.6 is 0 Å². The Bertz CT molecular complexity index is 660. The molecule has 2 aromatic heterocycles. The van der Waals surface area contributed by atoms with Crippen molar-refractivity contribution >= 4 is 17.5 Å². The van der Waals surface area contributed by atoms with E-state index in [1.54, 1.807) is 18.7 Å². The molecule has 0 saturated heterocycles. The first kappa shape index (κ1) is 12.3. The summed E-state index contributed by atoms with van der Waals surface area (Å²) in [4.78, 5) is 30.0. The average molecular weight is 284 g/mol. The molecule has 0 radical (unpaired) electrons. The molecule has 0 unspecified atom stereocenters. The number of carbonyl (C=O) groups excluding carboxylic acids is 1. The highest BCUT2D eigenvalue weighted by Crippen LogP contribution is 2.30. The molecule has 7 heteroatoms. The summed E-state index contributed by atoms with van der Waals surface area (Å²) in [5.74, 6) is 1.57. The molecule has 7 nitrogen and oxygen atoms in total. The number of carbonyl (C=O) groups is 1. The smallest absolute Gasteiger partial charge is 0.228 e. The number of H-pyrrole nitrogens is 1. The van der Waals surface area contributed by atoms with Crippen LogP contribution in [0.25, 0.3) is 0 Å². The number of rotatable bonds is 3. The van der Waals surface area contributed by atoms with Crippen molar-refractivity contribution in [3.05, 3.63) is 30.1 Å². The quantitative estimate of drug-likeness (QED) is 0.881. The van der Waals surface area contributed by atoms with Crippen LogP contribution < -0.4 is 10.2 Å². The van der Waals surface area contributed by atoms with Crippen molar-refractivity contribution in [1.29, 1.82) is 0 Å². The molecule has 1 aliphatic carbocycles. The van der Waals surface area contributed by atoms with E-state index in [4.69, 9.17) is 0 Å². The molecule has 4 rings (SSSR count). The fraction of sp³-hybridized carbons (Fsp3) is 0.429. The van der Waals surface area contributed by atoms with Crippen molar-refractivity contribution in [1.82, 2.24) is 19.9 Å². The largest absolute Gasteiger partial charge is 0.349 e. The molecule has 2 N–H and O–H groups in total. The summed E-state index contributed by atoms with van der Waals surface area (Å²) in [6.07, 6.45) is 7.94. The number of hydrogen-bond donors (Lipinski definition) is 2. The molecule has 0 atom stereocenters. The van der Waals surface area contributed by atoms with Gasteiger partial charge in [-0.3, -0.25) is 4.79 Å². The van der Waals surface area contributed by atoms with E-state index in [-0.39, 0.29) is 11.8 Å². The summed E-state index contributed by atoms with van der Waals surface area (Å²) in [6, 6.07) is 0. The van der Waals surface area contributed by atoms with Crippen LogP contribution in [0.15, 0.2) is 18.7 Å². The minimum atomic E-state index is 0.0529. The van der Waals surface area contributed by atoms with E-state index in [9.17, 15) is 4.79 Å². The molecule has 1 saturated carbocycles. The topological polar surface area (TPSA) is 86.8 Å². The van der Waals surface area contributed by atoms with Crippen LogP contribution in [0.1, 0.15) is 24.2 Å². The number of amides is 1. The van der Waals surface area contributed by atoms with Crippen LogP contribution in [0.2, 0.25) is 0 Å². The standard InChI is InChI=1S/C14H16N6O/c21-14(9-1-2-9)19-12-5-16-13(6-15-12)20-4-3-10-11(7-20)18-8-17-10/h5-6,8-9H,1-4,7H2,(H,17,18)(H,15,19,21). The highest BCUT2D eigenvalue weighted by molar-refractivity contribution is 5.93. The second kappa shape index (κ2) is 4.83. The van der Waals surface area contributed by atoms with Crippen molar-refractivity contribution in [3.63, 3.8) is 0 Å². The third-order valence-corrected chi connectivity index (χ3v) is 3.94. The van der Waals surface area contributed by atoms with Crippen LogP contribution in [0.3, 0.4) is 0 Å². The molecule has 1 aliphatic heterocycles. The Hall–Kier alpha value is -2.44. The first-order valence-electron chi connectivity index (χ1n) is 7.18. The van der Waals surface area contributed by atoms with Crippen molar-refractivity contribution in [2.45, 2.75) is 25.8 Å². The van der Waals surface area contributed by atoms with E-state index >= 15 is 0 Å². The third-order valence-electron chi connectivity index (χ3n) is 3.94. The van der Waals surface area contributed by atoms with Gasteiger partial charge in [0.05, 0.1) is 36.7 Å². The first-order chi connectivity index (χ1) is 10.3. The van der Waals surface area contributed by atoms with Gasteiger partial charge in [0.1, 0.15) is 5.82 Å². The van der Waals surface area contributed by atoms with Crippen molar-refractivity contribution in [2.24, 2.45) is 5.92 Å². The van der Waals surface area contributed by atoms with Crippen molar-refractivity contribution in [2.75, 3.05) is 16.8 Å². The summed E-state index contributed by atoms with van der Waals surface area (Å²) < 4.78 is 0. The molecule has 1 fully saturated rings. The zero-order valence-corrected chi connectivity index (χ0v) is 11.5. The summed E-state index contributed by atoms with van der Waals surface area (Å²) in [6.45, 7) is 1.64. The Kier molecular flexibility index (Phi) is 2.83. The average Bonchev–Trinajstić information content (AvgIpc) is 3.26. The molecule has 21 heavy (non-hydrogen) atoms. The molecule has 108 valence electrons. The van der Waals surface area contributed by atoms with Gasteiger partial charge < -0.3 is 15.2 Å². The second-order valence-corrected chi connectivity index (χ2v) is 5.52. The summed E-state index contributed by atoms with van der Waals surface area (Å²) in [5.41, 5.74) is 2.27. The normalized spacial score (nSPS) is 17.4. The number of aromatic amines is 1. The lowest BCUT2D eigenvalue weighted by Crippen LogP contribution is -2.31. The minimum Gasteiger partial charge on any atom is -0.349 e. The monoisotopic (exact) mass is 284 g/mol. The fourth-order valence-electron chi connectivity index (χ4n) is 2.53. The number of imidazole rings is 1. The summed E-state index contributed by atoms with van der Waals surface area (Å²) in [5, 5.41) is 2.80. The number of fused-ring (bicyclic) bond motifs is 1. The molecule has 1 amide bonds. The van der Waals surface area contributed by atoms with E-state index in [1.807, 2.05) is 0 Å². The highest BCUT2D eigenvalue weighted by atomic mass is 16.2. The van der Waals surface area contributed by atoms with Gasteiger partial charge in [-0.1, -0.05) is 0 Å². The molecule has 2 aliphatic rings. The fourth-order valence-corrected chi connectivity index (χ4v) is 2.53. The minimum absolute atomic E-state index is 0.0529. The number of nitrogens with zero attached hydrogens (tertiary/aromatic N) is 4. The van der Waals surface area contributed by atoms with E-state index in [0.717, 1.165) is 49.6 Å². The van der Waals surface area contributed by atoms with Crippen LogP contribution in [-0.4, -0.2) is 32.4 Å². The Labute approximate surface area is 121 Å². The Morgan fingerprint density at radius 3 is 2.95 bits per heavy atom. The van der Waals surface area contributed by atoms with Crippen LogP contribution in [0, 0.1) is 5.92 Å². The Morgan fingerprint density at radius 2 is 2.19 bits per heavy atom. The molecule has 0 bridgehead atoms. The summed E-state index contributed by atoms with van der Waals surface area (Å²) in [7, 11) is 0. The zero-order chi connectivity index (χ0) is 14.2. The Morgan fingerprint density at radius 1 is 1.29 bits per heavy atom. The number of nitrogens with one attached hydrogen (secondary N) is 2. The molecule has 0 aromatic carbocycles. The van der Waals surface area contributed by atoms with Gasteiger partial charge in [-0.15, -0.1) is 0 Å². The van der Waals surface area contributed by atoms with Gasteiger partial charge in [-0.2, -0.15) is 0 Å². The maximum absolute atomic E-state index is 11.7. The molecule has 0 spiro atoms. The van der Waals surface area contributed by atoms with Crippen molar-refractivity contribution in [3.8, 4) is 0 Å². The maximum atomic E-state index is 11.7. The number of anilines is 2. The summed E-state index contributed by atoms with van der Waals surface area (Å²) >= 11 is 0. The zero-order valence-electron chi connectivity index (χ0n) is 11.5. The van der Waals surface area contributed by atoms with Gasteiger partial charge in [0, 0.05) is 18.9 Å². The third kappa shape index (κ3) is 2.46. The lowest BCUT2D eigenvalue weighted by atomic mass is 10.1. The van der Waals surface area contributed by atoms with Crippen molar-refractivity contribution < 1.29 is 4.79 Å². The predicted molar refractivity (Wildman–Crippen MR) is 76.7 cm³/mol. The first-order valence-corrected chi connectivity index (χ1v) is 7.18. The molecule has 3 heterocycles. The lowest BCUT2D eigenvalue weighted by Gasteiger charge is -2.26. The van der Waals surface area contributed by atoms with Crippen LogP contribution in [0.5, 0.6) is 0 Å². The van der Waals surface area contributed by atoms with Gasteiger partial charge in [0.25, 0.3) is 0 Å². The van der Waals surface area contributed by atoms with Gasteiger partial charge in [-0.05, 0) is 12.8 Å². The van der Waals surface area contributed by atoms with Crippen LogP contribution in [0.4, 0.5) is 11.6 Å². The highest BCUT2D eigenvalue weighted by Gasteiger charge is 2.29. The maximum Gasteiger partial charge on any atom is 0.228 e. The van der Waals surface area contributed by atoms with E-state index < -0.39 is 0 Å². The van der Waals surface area contributed by atoms with Gasteiger partial charge >= 0.3 is 0 Å². The van der Waals surface area contributed by atoms with Gasteiger partial charge in [0.15, 0.2) is 5.82 Å². The van der Waals surface area contributed by atoms with Gasteiger partial charge in [0.2, 0.25) is 5.91 Å². The predicted octanol–water partition coefficient (Wildman–Crippen LogP) is 1.11. The Balaban J connectivity index is 1.45. The van der Waals surface area contributed by atoms with E-state index in [2.05, 4.69) is 30.2 Å². The number of aromatic nitrogens is 4. The lowest BCUT2D eigenvalue weighted by molar-refractivity contribution is -0.117. The number of hydrogen-bond acceptors (Lipinski definition) is 5. The SMILES string of the molecule is O=C(Nc1cnc(N2CCc3nc[nH]c3C2)cn1)C1CC1.